The minimum Gasteiger partial charge on any atom is -0.501 e. The molecular weight excluding hydrogens is 180 g/mol. The van der Waals surface area contributed by atoms with Crippen LogP contribution in [0.5, 0.6) is 0 Å². The lowest BCUT2D eigenvalue weighted by molar-refractivity contribution is -0.162. The van der Waals surface area contributed by atoms with Gasteiger partial charge in [-0.15, -0.1) is 0 Å². The monoisotopic (exact) mass is 190 g/mol. The van der Waals surface area contributed by atoms with Gasteiger partial charge in [-0.3, -0.25) is 0 Å². The molecule has 0 saturated heterocycles. The van der Waals surface area contributed by atoms with E-state index in [2.05, 4.69) is 11.3 Å². The van der Waals surface area contributed by atoms with Gasteiger partial charge in [-0.2, -0.15) is 0 Å². The van der Waals surface area contributed by atoms with E-state index in [1.807, 2.05) is 0 Å². The average Bonchev–Trinajstić information content (AvgIpc) is 2.02. The highest BCUT2D eigenvalue weighted by Gasteiger charge is 2.19. The molecule has 4 N–H and O–H groups in total. The molecule has 0 aromatic heterocycles. The molecule has 0 heterocycles. The number of rotatable bonds is 3. The van der Waals surface area contributed by atoms with Gasteiger partial charge in [-0.05, 0) is 6.92 Å². The number of ether oxygens (including phenoxy) is 1. The van der Waals surface area contributed by atoms with E-state index in [9.17, 15) is 4.79 Å². The molecule has 0 aliphatic carbocycles. The summed E-state index contributed by atoms with van der Waals surface area (Å²) in [6.45, 7) is 4.53. The van der Waals surface area contributed by atoms with Crippen molar-refractivity contribution in [3.05, 3.63) is 23.9 Å². The van der Waals surface area contributed by atoms with Gasteiger partial charge in [0.05, 0.1) is 0 Å². The first-order valence-corrected chi connectivity index (χ1v) is 3.22. The Bertz CT molecular complexity index is 250. The standard InChI is InChI=1S/C7H10O6/c1-3(2)6(11)13-7(12)4(8)5(9)10/h7-10,12H,1H2,2H3. The number of carbonyl (C=O) groups excluding carboxylic acids is 1. The molecule has 6 nitrogen and oxygen atoms in total. The van der Waals surface area contributed by atoms with Crippen LogP contribution < -0.4 is 0 Å². The highest BCUT2D eigenvalue weighted by atomic mass is 16.6. The predicted molar refractivity (Wildman–Crippen MR) is 41.8 cm³/mol. The molecule has 1 unspecified atom stereocenters. The number of aliphatic hydroxyl groups excluding tert-OH is 3. The Morgan fingerprint density at radius 1 is 1.38 bits per heavy atom. The molecule has 0 bridgehead atoms. The first-order chi connectivity index (χ1) is 5.86. The maximum Gasteiger partial charge on any atom is 0.335 e. The molecule has 13 heavy (non-hydrogen) atoms. The van der Waals surface area contributed by atoms with Crippen LogP contribution in [-0.2, 0) is 9.53 Å². The number of hydrogen-bond donors (Lipinski definition) is 4. The highest BCUT2D eigenvalue weighted by molar-refractivity contribution is 5.87. The van der Waals surface area contributed by atoms with E-state index >= 15 is 0 Å². The fourth-order valence-corrected chi connectivity index (χ4v) is 0.368. The van der Waals surface area contributed by atoms with Crippen LogP contribution in [0.2, 0.25) is 0 Å². The van der Waals surface area contributed by atoms with E-state index in [1.165, 1.54) is 6.92 Å². The third-order valence-electron chi connectivity index (χ3n) is 1.03. The van der Waals surface area contributed by atoms with Crippen LogP contribution in [0.3, 0.4) is 0 Å². The summed E-state index contributed by atoms with van der Waals surface area (Å²) in [5, 5.41) is 34.0. The summed E-state index contributed by atoms with van der Waals surface area (Å²) in [4.78, 5) is 10.7. The SMILES string of the molecule is C=C(C)C(=O)OC(O)C(O)=C(O)O. The highest BCUT2D eigenvalue weighted by Crippen LogP contribution is 2.05. The van der Waals surface area contributed by atoms with E-state index in [0.717, 1.165) is 0 Å². The lowest BCUT2D eigenvalue weighted by atomic mass is 10.4. The van der Waals surface area contributed by atoms with Crippen LogP contribution in [0.4, 0.5) is 0 Å². The molecule has 0 aromatic rings. The largest absolute Gasteiger partial charge is 0.501 e. The summed E-state index contributed by atoms with van der Waals surface area (Å²) in [5.41, 5.74) is 0.00396. The van der Waals surface area contributed by atoms with Crippen molar-refractivity contribution in [2.45, 2.75) is 13.2 Å². The Hall–Kier alpha value is -1.69. The van der Waals surface area contributed by atoms with Gasteiger partial charge in [0.25, 0.3) is 6.29 Å². The fraction of sp³-hybridized carbons (Fsp3) is 0.286. The molecule has 0 aliphatic heterocycles. The predicted octanol–water partition coefficient (Wildman–Crippen LogP) is 0.267. The van der Waals surface area contributed by atoms with Gasteiger partial charge < -0.3 is 25.2 Å². The van der Waals surface area contributed by atoms with Crippen molar-refractivity contribution in [3.63, 3.8) is 0 Å². The quantitative estimate of drug-likeness (QED) is 0.220. The summed E-state index contributed by atoms with van der Waals surface area (Å²) >= 11 is 0. The Labute approximate surface area is 74.0 Å². The minimum atomic E-state index is -2.10. The van der Waals surface area contributed by atoms with Crippen molar-refractivity contribution in [1.29, 1.82) is 0 Å². The molecule has 0 aliphatic rings. The summed E-state index contributed by atoms with van der Waals surface area (Å²) in [7, 11) is 0. The van der Waals surface area contributed by atoms with E-state index in [0.29, 0.717) is 0 Å². The maximum absolute atomic E-state index is 10.7. The zero-order chi connectivity index (χ0) is 10.6. The molecule has 0 fully saturated rings. The van der Waals surface area contributed by atoms with Crippen molar-refractivity contribution in [2.24, 2.45) is 0 Å². The van der Waals surface area contributed by atoms with Crippen LogP contribution in [0, 0.1) is 0 Å². The zero-order valence-electron chi connectivity index (χ0n) is 6.89. The first kappa shape index (κ1) is 11.3. The molecule has 6 heteroatoms. The van der Waals surface area contributed by atoms with Gasteiger partial charge in [-0.1, -0.05) is 6.58 Å². The third kappa shape index (κ3) is 3.48. The minimum absolute atomic E-state index is 0.00396. The van der Waals surface area contributed by atoms with Crippen molar-refractivity contribution < 1.29 is 30.0 Å². The molecule has 0 spiro atoms. The van der Waals surface area contributed by atoms with E-state index in [-0.39, 0.29) is 5.57 Å². The molecule has 0 saturated carbocycles. The van der Waals surface area contributed by atoms with Gasteiger partial charge in [-0.25, -0.2) is 4.79 Å². The smallest absolute Gasteiger partial charge is 0.335 e. The topological polar surface area (TPSA) is 107 Å². The van der Waals surface area contributed by atoms with Crippen molar-refractivity contribution in [1.82, 2.24) is 0 Å². The number of carbonyl (C=O) groups is 1. The Morgan fingerprint density at radius 2 is 1.85 bits per heavy atom. The van der Waals surface area contributed by atoms with Gasteiger partial charge in [0.2, 0.25) is 5.76 Å². The molecule has 0 amide bonds. The normalized spacial score (nSPS) is 11.5. The van der Waals surface area contributed by atoms with Crippen molar-refractivity contribution >= 4 is 5.97 Å². The Kier molecular flexibility index (Phi) is 3.80. The van der Waals surface area contributed by atoms with E-state index < -0.39 is 24.0 Å². The van der Waals surface area contributed by atoms with Crippen molar-refractivity contribution in [3.8, 4) is 0 Å². The second-order valence-corrected chi connectivity index (χ2v) is 2.25. The first-order valence-electron chi connectivity index (χ1n) is 3.22. The number of esters is 1. The lowest BCUT2D eigenvalue weighted by Crippen LogP contribution is -2.21. The number of aliphatic hydroxyl groups is 4. The van der Waals surface area contributed by atoms with Crippen molar-refractivity contribution in [2.75, 3.05) is 0 Å². The van der Waals surface area contributed by atoms with E-state index in [4.69, 9.17) is 20.4 Å². The van der Waals surface area contributed by atoms with Gasteiger partial charge in [0.15, 0.2) is 0 Å². The van der Waals surface area contributed by atoms with Crippen LogP contribution in [0.15, 0.2) is 23.9 Å². The van der Waals surface area contributed by atoms with Crippen LogP contribution >= 0.6 is 0 Å². The zero-order valence-corrected chi connectivity index (χ0v) is 6.89. The van der Waals surface area contributed by atoms with Gasteiger partial charge in [0, 0.05) is 5.57 Å². The maximum atomic E-state index is 10.7. The molecule has 74 valence electrons. The average molecular weight is 190 g/mol. The summed E-state index contributed by atoms with van der Waals surface area (Å²) in [6, 6.07) is 0. The summed E-state index contributed by atoms with van der Waals surface area (Å²) in [6.07, 6.45) is -2.10. The van der Waals surface area contributed by atoms with Gasteiger partial charge >= 0.3 is 11.9 Å². The van der Waals surface area contributed by atoms with E-state index in [1.54, 1.807) is 0 Å². The Morgan fingerprint density at radius 3 is 2.15 bits per heavy atom. The molecule has 0 rings (SSSR count). The second kappa shape index (κ2) is 4.36. The Balaban J connectivity index is 4.33. The molecule has 1 atom stereocenters. The molecule has 0 aromatic carbocycles. The fourth-order valence-electron chi connectivity index (χ4n) is 0.368. The van der Waals surface area contributed by atoms with Gasteiger partial charge in [0.1, 0.15) is 0 Å². The second-order valence-electron chi connectivity index (χ2n) is 2.25. The summed E-state index contributed by atoms with van der Waals surface area (Å²) < 4.78 is 4.12. The molecular formula is C7H10O6. The van der Waals surface area contributed by atoms with Crippen LogP contribution in [0.1, 0.15) is 6.92 Å². The summed E-state index contributed by atoms with van der Waals surface area (Å²) in [5.74, 6) is -3.71. The number of hydrogen-bond acceptors (Lipinski definition) is 6. The third-order valence-corrected chi connectivity index (χ3v) is 1.03. The van der Waals surface area contributed by atoms with Crippen LogP contribution in [0.25, 0.3) is 0 Å². The molecule has 0 radical (unpaired) electrons. The lowest BCUT2D eigenvalue weighted by Gasteiger charge is -2.10. The van der Waals surface area contributed by atoms with Crippen LogP contribution in [-0.4, -0.2) is 32.7 Å².